The summed E-state index contributed by atoms with van der Waals surface area (Å²) in [7, 11) is 0. The number of benzene rings is 2. The molecule has 31 heavy (non-hydrogen) atoms. The summed E-state index contributed by atoms with van der Waals surface area (Å²) in [6.07, 6.45) is 0. The summed E-state index contributed by atoms with van der Waals surface area (Å²) in [5, 5.41) is 15.5. The Morgan fingerprint density at radius 3 is 2.58 bits per heavy atom. The molecule has 162 valence electrons. The lowest BCUT2D eigenvalue weighted by molar-refractivity contribution is -0.113. The summed E-state index contributed by atoms with van der Waals surface area (Å²) < 4.78 is 1.90. The zero-order valence-electron chi connectivity index (χ0n) is 17.6. The first-order chi connectivity index (χ1) is 14.9. The van der Waals surface area contributed by atoms with Gasteiger partial charge in [-0.1, -0.05) is 41.1 Å². The fraction of sp³-hybridized carbons (Fsp3) is 0.273. The van der Waals surface area contributed by atoms with Gasteiger partial charge in [-0.2, -0.15) is 0 Å². The van der Waals surface area contributed by atoms with Crippen LogP contribution in [0.3, 0.4) is 0 Å². The van der Waals surface area contributed by atoms with Crippen molar-refractivity contribution in [2.24, 2.45) is 0 Å². The first kappa shape index (κ1) is 22.8. The molecule has 0 radical (unpaired) electrons. The molecule has 2 aromatic carbocycles. The molecule has 0 fully saturated rings. The molecule has 9 heteroatoms. The lowest BCUT2D eigenvalue weighted by Crippen LogP contribution is -2.28. The van der Waals surface area contributed by atoms with E-state index in [-0.39, 0.29) is 23.6 Å². The number of halogens is 1. The second kappa shape index (κ2) is 10.5. The van der Waals surface area contributed by atoms with Crippen molar-refractivity contribution in [3.63, 3.8) is 0 Å². The van der Waals surface area contributed by atoms with Crippen LogP contribution >= 0.6 is 23.4 Å². The van der Waals surface area contributed by atoms with E-state index in [2.05, 4.69) is 20.8 Å². The summed E-state index contributed by atoms with van der Waals surface area (Å²) in [4.78, 5) is 24.8. The second-order valence-corrected chi connectivity index (χ2v) is 8.37. The Morgan fingerprint density at radius 1 is 1.16 bits per heavy atom. The summed E-state index contributed by atoms with van der Waals surface area (Å²) in [6.45, 7) is 6.40. The highest BCUT2D eigenvalue weighted by Gasteiger charge is 2.20. The molecule has 0 unspecified atom stereocenters. The van der Waals surface area contributed by atoms with Crippen LogP contribution < -0.4 is 10.6 Å². The molecule has 1 aromatic heterocycles. The van der Waals surface area contributed by atoms with Crippen molar-refractivity contribution >= 4 is 40.9 Å². The van der Waals surface area contributed by atoms with Crippen LogP contribution in [0.1, 0.15) is 41.6 Å². The Balaban J connectivity index is 1.62. The molecule has 0 aliphatic rings. The number of amides is 2. The highest BCUT2D eigenvalue weighted by molar-refractivity contribution is 7.99. The molecule has 3 rings (SSSR count). The molecule has 7 nitrogen and oxygen atoms in total. The van der Waals surface area contributed by atoms with Crippen molar-refractivity contribution in [2.75, 3.05) is 11.1 Å². The van der Waals surface area contributed by atoms with Gasteiger partial charge in [0, 0.05) is 22.8 Å². The van der Waals surface area contributed by atoms with Crippen LogP contribution in [0.4, 0.5) is 5.69 Å². The van der Waals surface area contributed by atoms with Crippen LogP contribution in [0.25, 0.3) is 0 Å². The molecule has 0 saturated carbocycles. The molecule has 0 bridgehead atoms. The maximum Gasteiger partial charge on any atom is 0.251 e. The minimum atomic E-state index is -0.335. The molecular formula is C22H24ClN5O2S. The van der Waals surface area contributed by atoms with Gasteiger partial charge in [0.1, 0.15) is 0 Å². The second-order valence-electron chi connectivity index (χ2n) is 6.99. The SMILES string of the molecule is CCn1c(SCC(=O)Nc2ccc(Cl)cc2)nnc1[C@@H](C)NC(=O)c1cccc(C)c1. The Morgan fingerprint density at radius 2 is 1.90 bits per heavy atom. The van der Waals surface area contributed by atoms with Crippen molar-refractivity contribution in [2.45, 2.75) is 38.5 Å². The fourth-order valence-electron chi connectivity index (χ4n) is 3.02. The molecule has 1 heterocycles. The summed E-state index contributed by atoms with van der Waals surface area (Å²) in [6, 6.07) is 14.0. The lowest BCUT2D eigenvalue weighted by atomic mass is 10.1. The summed E-state index contributed by atoms with van der Waals surface area (Å²) in [5.74, 6) is 0.507. The molecule has 3 aromatic rings. The molecule has 0 aliphatic carbocycles. The Bertz CT molecular complexity index is 1070. The van der Waals surface area contributed by atoms with E-state index >= 15 is 0 Å². The first-order valence-corrected chi connectivity index (χ1v) is 11.2. The average molecular weight is 458 g/mol. The monoisotopic (exact) mass is 457 g/mol. The van der Waals surface area contributed by atoms with Crippen LogP contribution in [0, 0.1) is 6.92 Å². The standard InChI is InChI=1S/C22H24ClN5O2S/c1-4-28-20(15(3)24-21(30)16-7-5-6-14(2)12-16)26-27-22(28)31-13-19(29)25-18-10-8-17(23)9-11-18/h5-12,15H,4,13H2,1-3H3,(H,24,30)(H,25,29)/t15-/m1/s1. The normalized spacial score (nSPS) is 11.7. The van der Waals surface area contributed by atoms with Crippen molar-refractivity contribution in [1.82, 2.24) is 20.1 Å². The van der Waals surface area contributed by atoms with E-state index in [0.717, 1.165) is 5.56 Å². The van der Waals surface area contributed by atoms with Gasteiger partial charge in [0.2, 0.25) is 5.91 Å². The number of nitrogens with one attached hydrogen (secondary N) is 2. The van der Waals surface area contributed by atoms with E-state index < -0.39 is 0 Å². The molecule has 0 spiro atoms. The molecule has 2 amide bonds. The number of anilines is 1. The predicted octanol–water partition coefficient (Wildman–Crippen LogP) is 4.48. The van der Waals surface area contributed by atoms with Gasteiger partial charge >= 0.3 is 0 Å². The molecule has 0 aliphatic heterocycles. The van der Waals surface area contributed by atoms with Crippen LogP contribution in [0.2, 0.25) is 5.02 Å². The quantitative estimate of drug-likeness (QED) is 0.487. The van der Waals surface area contributed by atoms with Gasteiger partial charge in [0.25, 0.3) is 5.91 Å². The third-order valence-electron chi connectivity index (χ3n) is 4.54. The van der Waals surface area contributed by atoms with E-state index in [4.69, 9.17) is 11.6 Å². The number of carbonyl (C=O) groups is 2. The maximum absolute atomic E-state index is 12.6. The zero-order valence-corrected chi connectivity index (χ0v) is 19.1. The van der Waals surface area contributed by atoms with Gasteiger partial charge in [0.15, 0.2) is 11.0 Å². The first-order valence-electron chi connectivity index (χ1n) is 9.86. The molecular weight excluding hydrogens is 434 g/mol. The summed E-state index contributed by atoms with van der Waals surface area (Å²) >= 11 is 7.16. The Hall–Kier alpha value is -2.84. The van der Waals surface area contributed by atoms with Crippen LogP contribution in [0.15, 0.2) is 53.7 Å². The highest BCUT2D eigenvalue weighted by atomic mass is 35.5. The van der Waals surface area contributed by atoms with E-state index in [0.29, 0.717) is 33.8 Å². The van der Waals surface area contributed by atoms with Gasteiger partial charge in [-0.3, -0.25) is 9.59 Å². The Labute approximate surface area is 190 Å². The number of aryl methyl sites for hydroxylation is 1. The number of hydrogen-bond acceptors (Lipinski definition) is 5. The van der Waals surface area contributed by atoms with Gasteiger partial charge < -0.3 is 15.2 Å². The number of rotatable bonds is 8. The topological polar surface area (TPSA) is 88.9 Å². The van der Waals surface area contributed by atoms with Crippen LogP contribution in [0.5, 0.6) is 0 Å². The van der Waals surface area contributed by atoms with E-state index in [1.54, 1.807) is 30.3 Å². The molecule has 2 N–H and O–H groups in total. The largest absolute Gasteiger partial charge is 0.342 e. The van der Waals surface area contributed by atoms with Crippen LogP contribution in [-0.4, -0.2) is 32.3 Å². The number of nitrogens with zero attached hydrogens (tertiary/aromatic N) is 3. The minimum absolute atomic E-state index is 0.152. The van der Waals surface area contributed by atoms with Gasteiger partial charge in [-0.05, 0) is 57.2 Å². The smallest absolute Gasteiger partial charge is 0.251 e. The van der Waals surface area contributed by atoms with E-state index in [9.17, 15) is 9.59 Å². The number of aromatic nitrogens is 3. The number of thioether (sulfide) groups is 1. The van der Waals surface area contributed by atoms with E-state index in [1.165, 1.54) is 11.8 Å². The summed E-state index contributed by atoms with van der Waals surface area (Å²) in [5.41, 5.74) is 2.30. The van der Waals surface area contributed by atoms with Gasteiger partial charge in [-0.15, -0.1) is 10.2 Å². The third kappa shape index (κ3) is 6.08. The fourth-order valence-corrected chi connectivity index (χ4v) is 3.95. The highest BCUT2D eigenvalue weighted by Crippen LogP contribution is 2.21. The Kier molecular flexibility index (Phi) is 7.70. The molecule has 0 saturated heterocycles. The predicted molar refractivity (Wildman–Crippen MR) is 124 cm³/mol. The van der Waals surface area contributed by atoms with Crippen molar-refractivity contribution in [1.29, 1.82) is 0 Å². The van der Waals surface area contributed by atoms with E-state index in [1.807, 2.05) is 43.5 Å². The zero-order chi connectivity index (χ0) is 22.4. The third-order valence-corrected chi connectivity index (χ3v) is 5.76. The number of carbonyl (C=O) groups excluding carboxylic acids is 2. The van der Waals surface area contributed by atoms with Gasteiger partial charge in [-0.25, -0.2) is 0 Å². The van der Waals surface area contributed by atoms with Crippen molar-refractivity contribution in [3.8, 4) is 0 Å². The maximum atomic E-state index is 12.6. The number of hydrogen-bond donors (Lipinski definition) is 2. The average Bonchev–Trinajstić information content (AvgIpc) is 3.17. The van der Waals surface area contributed by atoms with Crippen molar-refractivity contribution < 1.29 is 9.59 Å². The minimum Gasteiger partial charge on any atom is -0.342 e. The van der Waals surface area contributed by atoms with Crippen molar-refractivity contribution in [3.05, 3.63) is 70.5 Å². The lowest BCUT2D eigenvalue weighted by Gasteiger charge is -2.15. The molecule has 1 atom stereocenters. The van der Waals surface area contributed by atoms with Gasteiger partial charge in [0.05, 0.1) is 11.8 Å². The van der Waals surface area contributed by atoms with Crippen LogP contribution in [-0.2, 0) is 11.3 Å².